The SMILES string of the molecule is C=C(Cn1cnc2c(Cl)nc(N)nc21)[C@H](C)OCP(=O)(OC(C)C)OC(C)C. The molecule has 0 saturated carbocycles. The highest BCUT2D eigenvalue weighted by molar-refractivity contribution is 7.53. The van der Waals surface area contributed by atoms with E-state index in [2.05, 4.69) is 21.5 Å². The van der Waals surface area contributed by atoms with Gasteiger partial charge in [0.2, 0.25) is 5.95 Å². The number of nitrogen functional groups attached to an aromatic ring is 1. The molecule has 2 aromatic rings. The maximum atomic E-state index is 12.9. The Kier molecular flexibility index (Phi) is 7.59. The van der Waals surface area contributed by atoms with Crippen molar-refractivity contribution in [3.05, 3.63) is 23.6 Å². The van der Waals surface area contributed by atoms with Gasteiger partial charge >= 0.3 is 7.60 Å². The van der Waals surface area contributed by atoms with E-state index in [0.717, 1.165) is 0 Å². The van der Waals surface area contributed by atoms with Gasteiger partial charge in [-0.3, -0.25) is 4.57 Å². The van der Waals surface area contributed by atoms with Crippen LogP contribution in [0.2, 0.25) is 5.15 Å². The molecule has 0 fully saturated rings. The molecule has 0 radical (unpaired) electrons. The van der Waals surface area contributed by atoms with E-state index >= 15 is 0 Å². The first-order valence-electron chi connectivity index (χ1n) is 8.89. The summed E-state index contributed by atoms with van der Waals surface area (Å²) in [5.41, 5.74) is 7.34. The fourth-order valence-corrected chi connectivity index (χ4v) is 4.52. The number of nitrogens with two attached hydrogens (primary N) is 1. The predicted molar refractivity (Wildman–Crippen MR) is 109 cm³/mol. The highest BCUT2D eigenvalue weighted by Crippen LogP contribution is 2.50. The first kappa shape index (κ1) is 22.8. The number of rotatable bonds is 10. The number of hydrogen-bond donors (Lipinski definition) is 1. The van der Waals surface area contributed by atoms with Crippen molar-refractivity contribution in [2.75, 3.05) is 12.1 Å². The molecule has 156 valence electrons. The molecule has 0 saturated heterocycles. The van der Waals surface area contributed by atoms with E-state index in [9.17, 15) is 4.57 Å². The second-order valence-corrected chi connectivity index (χ2v) is 9.19. The van der Waals surface area contributed by atoms with Crippen LogP contribution in [0.3, 0.4) is 0 Å². The molecule has 11 heteroatoms. The van der Waals surface area contributed by atoms with Gasteiger partial charge in [-0.1, -0.05) is 18.2 Å². The third kappa shape index (κ3) is 5.99. The van der Waals surface area contributed by atoms with Crippen molar-refractivity contribution < 1.29 is 18.3 Å². The lowest BCUT2D eigenvalue weighted by Crippen LogP contribution is -2.19. The van der Waals surface area contributed by atoms with Crippen LogP contribution in [0.1, 0.15) is 34.6 Å². The first-order valence-corrected chi connectivity index (χ1v) is 11.0. The summed E-state index contributed by atoms with van der Waals surface area (Å²) >= 11 is 6.04. The summed E-state index contributed by atoms with van der Waals surface area (Å²) in [7, 11) is -3.39. The molecule has 2 aromatic heterocycles. The molecule has 0 amide bonds. The molecule has 0 bridgehead atoms. The Balaban J connectivity index is 2.05. The standard InChI is InChI=1S/C17H27ClN5O4P/c1-10(2)26-28(24,27-11(3)4)9-25-13(6)12(5)7-23-8-20-14-15(18)21-17(19)22-16(14)23/h8,10-11,13H,5,7,9H2,1-4,6H3,(H2,19,21,22)/t13-/m0/s1. The molecule has 9 nitrogen and oxygen atoms in total. The summed E-state index contributed by atoms with van der Waals surface area (Å²) < 4.78 is 31.3. The smallest absolute Gasteiger partial charge is 0.356 e. The molecule has 2 heterocycles. The number of ether oxygens (including phenoxy) is 1. The van der Waals surface area contributed by atoms with E-state index < -0.39 is 13.7 Å². The van der Waals surface area contributed by atoms with E-state index in [-0.39, 0.29) is 29.7 Å². The van der Waals surface area contributed by atoms with Gasteiger partial charge in [0, 0.05) is 6.54 Å². The Hall–Kier alpha value is -1.51. The average molecular weight is 432 g/mol. The van der Waals surface area contributed by atoms with Gasteiger partial charge in [-0.2, -0.15) is 9.97 Å². The minimum Gasteiger partial charge on any atom is -0.368 e. The minimum absolute atomic E-state index is 0.0618. The van der Waals surface area contributed by atoms with E-state index in [1.165, 1.54) is 0 Å². The summed E-state index contributed by atoms with van der Waals surface area (Å²) in [5.74, 6) is 0.0618. The van der Waals surface area contributed by atoms with Crippen LogP contribution in [0, 0.1) is 0 Å². The topological polar surface area (TPSA) is 114 Å². The molecule has 0 aromatic carbocycles. The Labute approximate surface area is 169 Å². The van der Waals surface area contributed by atoms with E-state index in [0.29, 0.717) is 23.3 Å². The summed E-state index contributed by atoms with van der Waals surface area (Å²) in [6.07, 6.45) is 0.497. The summed E-state index contributed by atoms with van der Waals surface area (Å²) in [6.45, 7) is 13.4. The molecular weight excluding hydrogens is 405 g/mol. The van der Waals surface area contributed by atoms with Gasteiger partial charge in [-0.25, -0.2) is 4.98 Å². The summed E-state index contributed by atoms with van der Waals surface area (Å²) in [4.78, 5) is 12.3. The number of hydrogen-bond acceptors (Lipinski definition) is 8. The predicted octanol–water partition coefficient (Wildman–Crippen LogP) is 4.02. The van der Waals surface area contributed by atoms with Crippen LogP contribution >= 0.6 is 19.2 Å². The Morgan fingerprint density at radius 1 is 1.25 bits per heavy atom. The third-order valence-electron chi connectivity index (χ3n) is 3.61. The van der Waals surface area contributed by atoms with Crippen LogP contribution in [0.15, 0.2) is 18.5 Å². The van der Waals surface area contributed by atoms with Gasteiger partial charge in [-0.05, 0) is 40.2 Å². The zero-order valence-corrected chi connectivity index (χ0v) is 18.4. The number of fused-ring (bicyclic) bond motifs is 1. The van der Waals surface area contributed by atoms with Gasteiger partial charge in [0.15, 0.2) is 10.8 Å². The Morgan fingerprint density at radius 2 is 1.86 bits per heavy atom. The molecule has 0 aliphatic rings. The largest absolute Gasteiger partial charge is 0.368 e. The average Bonchev–Trinajstić information content (AvgIpc) is 2.94. The van der Waals surface area contributed by atoms with Crippen LogP contribution in [0.4, 0.5) is 5.95 Å². The molecule has 0 aliphatic carbocycles. The third-order valence-corrected chi connectivity index (χ3v) is 5.83. The van der Waals surface area contributed by atoms with Crippen LogP contribution in [-0.2, 0) is 24.9 Å². The number of halogens is 1. The van der Waals surface area contributed by atoms with Crippen LogP contribution in [0.25, 0.3) is 11.2 Å². The molecule has 1 atom stereocenters. The van der Waals surface area contributed by atoms with Crippen LogP contribution in [0.5, 0.6) is 0 Å². The zero-order valence-electron chi connectivity index (χ0n) is 16.8. The number of imidazole rings is 1. The van der Waals surface area contributed by atoms with Gasteiger partial charge in [0.05, 0.1) is 24.6 Å². The van der Waals surface area contributed by atoms with E-state index in [1.54, 1.807) is 38.6 Å². The maximum Gasteiger partial charge on any atom is 0.356 e. The van der Waals surface area contributed by atoms with Crippen molar-refractivity contribution in [3.8, 4) is 0 Å². The van der Waals surface area contributed by atoms with Crippen molar-refractivity contribution in [2.24, 2.45) is 0 Å². The van der Waals surface area contributed by atoms with Crippen molar-refractivity contribution >= 4 is 36.3 Å². The van der Waals surface area contributed by atoms with Crippen molar-refractivity contribution in [2.45, 2.75) is 59.5 Å². The van der Waals surface area contributed by atoms with Gasteiger partial charge < -0.3 is 24.1 Å². The second-order valence-electron chi connectivity index (χ2n) is 6.93. The van der Waals surface area contributed by atoms with Crippen molar-refractivity contribution in [3.63, 3.8) is 0 Å². The normalized spacial score (nSPS) is 13.6. The van der Waals surface area contributed by atoms with Crippen LogP contribution < -0.4 is 5.73 Å². The molecule has 0 spiro atoms. The summed E-state index contributed by atoms with van der Waals surface area (Å²) in [6, 6.07) is 0. The molecule has 2 N–H and O–H groups in total. The maximum absolute atomic E-state index is 12.9. The highest BCUT2D eigenvalue weighted by atomic mass is 35.5. The molecule has 0 aliphatic heterocycles. The summed E-state index contributed by atoms with van der Waals surface area (Å²) in [5, 5.41) is 0.189. The number of anilines is 1. The lowest BCUT2D eigenvalue weighted by atomic mass is 10.2. The zero-order chi connectivity index (χ0) is 21.1. The van der Waals surface area contributed by atoms with E-state index in [1.807, 2.05) is 6.92 Å². The molecule has 0 unspecified atom stereocenters. The van der Waals surface area contributed by atoms with E-state index in [4.69, 9.17) is 31.1 Å². The fraction of sp³-hybridized carbons (Fsp3) is 0.588. The monoisotopic (exact) mass is 431 g/mol. The Bertz CT molecular complexity index is 872. The second kappa shape index (κ2) is 9.33. The van der Waals surface area contributed by atoms with Gasteiger partial charge in [0.1, 0.15) is 11.9 Å². The lowest BCUT2D eigenvalue weighted by Gasteiger charge is -2.25. The highest BCUT2D eigenvalue weighted by Gasteiger charge is 2.29. The van der Waals surface area contributed by atoms with Crippen molar-refractivity contribution in [1.82, 2.24) is 19.5 Å². The quantitative estimate of drug-likeness (QED) is 0.340. The molecule has 2 rings (SSSR count). The number of nitrogens with zero attached hydrogens (tertiary/aromatic N) is 4. The van der Waals surface area contributed by atoms with Gasteiger partial charge in [-0.15, -0.1) is 0 Å². The molecular formula is C17H27ClN5O4P. The van der Waals surface area contributed by atoms with Crippen molar-refractivity contribution in [1.29, 1.82) is 0 Å². The number of aromatic nitrogens is 4. The van der Waals surface area contributed by atoms with Gasteiger partial charge in [0.25, 0.3) is 0 Å². The molecule has 28 heavy (non-hydrogen) atoms. The van der Waals surface area contributed by atoms with Crippen LogP contribution in [-0.4, -0.2) is 44.2 Å². The minimum atomic E-state index is -3.39. The first-order chi connectivity index (χ1) is 13.0. The Morgan fingerprint density at radius 3 is 2.43 bits per heavy atom. The fourth-order valence-electron chi connectivity index (χ4n) is 2.44. The lowest BCUT2D eigenvalue weighted by molar-refractivity contribution is 0.0763.